The first-order valence-electron chi connectivity index (χ1n) is 10.5. The summed E-state index contributed by atoms with van der Waals surface area (Å²) in [6.07, 6.45) is 12.8. The molecule has 0 N–H and O–H groups in total. The van der Waals surface area contributed by atoms with E-state index in [4.69, 9.17) is 4.74 Å². The van der Waals surface area contributed by atoms with Crippen molar-refractivity contribution in [1.82, 2.24) is 0 Å². The number of carbonyl (C=O) groups excluding carboxylic acids is 2. The normalized spacial score (nSPS) is 44.3. The largest absolute Gasteiger partial charge is 0.374 e. The molecule has 0 radical (unpaired) electrons. The third-order valence-corrected chi connectivity index (χ3v) is 8.08. The van der Waals surface area contributed by atoms with Crippen LogP contribution >= 0.6 is 0 Å². The molecule has 6 atom stereocenters. The van der Waals surface area contributed by atoms with Gasteiger partial charge in [0, 0.05) is 23.9 Å². The van der Waals surface area contributed by atoms with Gasteiger partial charge in [0.05, 0.1) is 6.10 Å². The van der Waals surface area contributed by atoms with Crippen molar-refractivity contribution in [2.45, 2.75) is 71.8 Å². The van der Waals surface area contributed by atoms with E-state index in [9.17, 15) is 9.59 Å². The van der Waals surface area contributed by atoms with Crippen LogP contribution in [-0.2, 0) is 14.3 Å². The van der Waals surface area contributed by atoms with E-state index in [0.29, 0.717) is 23.5 Å². The molecule has 26 heavy (non-hydrogen) atoms. The van der Waals surface area contributed by atoms with Crippen LogP contribution in [0.1, 0.15) is 65.7 Å². The van der Waals surface area contributed by atoms with E-state index in [1.165, 1.54) is 5.57 Å². The van der Waals surface area contributed by atoms with Crippen LogP contribution in [0.2, 0.25) is 0 Å². The number of carbonyl (C=O) groups is 2. The molecule has 6 unspecified atom stereocenters. The Morgan fingerprint density at radius 2 is 2.00 bits per heavy atom. The second-order valence-electron chi connectivity index (χ2n) is 9.36. The Bertz CT molecular complexity index is 675. The number of ketones is 2. The number of Topliss-reactive ketones (excluding diaryl/α,β-unsaturated/α-hetero) is 1. The number of fused-ring (bicyclic) bond motifs is 5. The Kier molecular flexibility index (Phi) is 4.50. The summed E-state index contributed by atoms with van der Waals surface area (Å²) < 4.78 is 6.32. The Morgan fingerprint density at radius 3 is 2.77 bits per heavy atom. The fourth-order valence-corrected chi connectivity index (χ4v) is 6.52. The number of unbranched alkanes of at least 4 members (excludes halogenated alkanes) is 1. The Morgan fingerprint density at radius 1 is 1.19 bits per heavy atom. The zero-order valence-corrected chi connectivity index (χ0v) is 16.4. The van der Waals surface area contributed by atoms with Crippen LogP contribution in [0.3, 0.4) is 0 Å². The van der Waals surface area contributed by atoms with E-state index in [0.717, 1.165) is 51.6 Å². The molecule has 3 saturated carbocycles. The molecule has 4 rings (SSSR count). The van der Waals surface area contributed by atoms with Crippen LogP contribution in [0, 0.1) is 28.6 Å². The van der Waals surface area contributed by atoms with E-state index in [1.807, 2.05) is 6.08 Å². The van der Waals surface area contributed by atoms with E-state index >= 15 is 0 Å². The average molecular weight is 357 g/mol. The summed E-state index contributed by atoms with van der Waals surface area (Å²) in [6.45, 7) is 7.44. The number of ether oxygens (including phenoxy) is 1. The molecule has 0 saturated heterocycles. The van der Waals surface area contributed by atoms with E-state index in [-0.39, 0.29) is 22.7 Å². The highest BCUT2D eigenvalue weighted by Crippen LogP contribution is 2.63. The van der Waals surface area contributed by atoms with E-state index in [1.54, 1.807) is 6.08 Å². The van der Waals surface area contributed by atoms with Crippen molar-refractivity contribution >= 4 is 11.6 Å². The minimum absolute atomic E-state index is 0.0275. The van der Waals surface area contributed by atoms with Gasteiger partial charge in [0.2, 0.25) is 0 Å². The van der Waals surface area contributed by atoms with Gasteiger partial charge in [0.15, 0.2) is 5.78 Å². The van der Waals surface area contributed by atoms with Crippen LogP contribution in [-0.4, -0.2) is 24.3 Å². The number of allylic oxidation sites excluding steroid dienone is 3. The lowest BCUT2D eigenvalue weighted by Crippen LogP contribution is -2.53. The zero-order chi connectivity index (χ0) is 18.5. The molecule has 3 heteroatoms. The van der Waals surface area contributed by atoms with Gasteiger partial charge in [-0.25, -0.2) is 0 Å². The highest BCUT2D eigenvalue weighted by molar-refractivity contribution is 6.01. The van der Waals surface area contributed by atoms with Gasteiger partial charge in [0.25, 0.3) is 0 Å². The minimum Gasteiger partial charge on any atom is -0.374 e. The summed E-state index contributed by atoms with van der Waals surface area (Å²) in [6, 6.07) is 0. The lowest BCUT2D eigenvalue weighted by atomic mass is 9.48. The monoisotopic (exact) mass is 356 g/mol. The Hall–Kier alpha value is -1.22. The molecule has 0 aromatic carbocycles. The molecule has 0 aromatic rings. The van der Waals surface area contributed by atoms with Gasteiger partial charge in [-0.3, -0.25) is 9.59 Å². The fourth-order valence-electron chi connectivity index (χ4n) is 6.52. The van der Waals surface area contributed by atoms with Crippen molar-refractivity contribution in [3.8, 4) is 0 Å². The van der Waals surface area contributed by atoms with Gasteiger partial charge in [-0.2, -0.15) is 0 Å². The van der Waals surface area contributed by atoms with Crippen molar-refractivity contribution < 1.29 is 14.3 Å². The maximum atomic E-state index is 12.6. The van der Waals surface area contributed by atoms with Crippen LogP contribution in [0.5, 0.6) is 0 Å². The van der Waals surface area contributed by atoms with Crippen molar-refractivity contribution in [3.63, 3.8) is 0 Å². The van der Waals surface area contributed by atoms with Crippen LogP contribution in [0.25, 0.3) is 0 Å². The number of rotatable bonds is 4. The van der Waals surface area contributed by atoms with Crippen LogP contribution < -0.4 is 0 Å². The number of hydrogen-bond donors (Lipinski definition) is 0. The first kappa shape index (κ1) is 18.2. The smallest absolute Gasteiger partial charge is 0.178 e. The molecule has 4 aliphatic carbocycles. The average Bonchev–Trinajstić information content (AvgIpc) is 2.92. The van der Waals surface area contributed by atoms with Gasteiger partial charge in [-0.15, -0.1) is 0 Å². The fraction of sp³-hybridized carbons (Fsp3) is 0.739. The maximum absolute atomic E-state index is 12.6. The highest BCUT2D eigenvalue weighted by Gasteiger charge is 2.60. The summed E-state index contributed by atoms with van der Waals surface area (Å²) in [5.41, 5.74) is 0.969. The predicted molar refractivity (Wildman–Crippen MR) is 102 cm³/mol. The quantitative estimate of drug-likeness (QED) is 0.688. The van der Waals surface area contributed by atoms with Crippen molar-refractivity contribution in [2.24, 2.45) is 28.6 Å². The molecule has 3 nitrogen and oxygen atoms in total. The first-order chi connectivity index (χ1) is 12.4. The van der Waals surface area contributed by atoms with E-state index < -0.39 is 0 Å². The molecule has 0 spiro atoms. The van der Waals surface area contributed by atoms with Crippen molar-refractivity contribution in [3.05, 3.63) is 23.8 Å². The lowest BCUT2D eigenvalue weighted by Gasteiger charge is -2.57. The van der Waals surface area contributed by atoms with Crippen molar-refractivity contribution in [1.29, 1.82) is 0 Å². The molecular weight excluding hydrogens is 324 g/mol. The molecule has 3 fully saturated rings. The molecule has 0 heterocycles. The van der Waals surface area contributed by atoms with Gasteiger partial charge in [-0.1, -0.05) is 33.3 Å². The maximum Gasteiger partial charge on any atom is 0.178 e. The summed E-state index contributed by atoms with van der Waals surface area (Å²) >= 11 is 0. The molecule has 4 aliphatic rings. The molecular formula is C23H32O3. The summed E-state index contributed by atoms with van der Waals surface area (Å²) in [5, 5.41) is 0. The molecule has 0 aromatic heterocycles. The Labute approximate surface area is 157 Å². The SMILES string of the molecule is CCCCOC1CC2C(CCC3(C)C(=O)CCC23)C2(C)C=CC(=O)C=C12. The topological polar surface area (TPSA) is 43.4 Å². The molecule has 0 bridgehead atoms. The minimum atomic E-state index is -0.124. The highest BCUT2D eigenvalue weighted by atomic mass is 16.5. The van der Waals surface area contributed by atoms with Gasteiger partial charge < -0.3 is 4.74 Å². The van der Waals surface area contributed by atoms with Gasteiger partial charge in [-0.05, 0) is 67.6 Å². The third-order valence-electron chi connectivity index (χ3n) is 8.08. The van der Waals surface area contributed by atoms with E-state index in [2.05, 4.69) is 26.8 Å². The summed E-state index contributed by atoms with van der Waals surface area (Å²) in [4.78, 5) is 24.7. The lowest BCUT2D eigenvalue weighted by molar-refractivity contribution is -0.133. The molecule has 142 valence electrons. The Balaban J connectivity index is 1.69. The molecule has 0 amide bonds. The molecule has 0 aliphatic heterocycles. The standard InChI is InChI=1S/C23H32O3/c1-4-5-12-26-20-14-16-17-6-7-21(25)23(17,3)11-9-18(16)22(2)10-8-15(24)13-19(20)22/h8,10,13,16-18,20H,4-7,9,11-12,14H2,1-3H3. The second-order valence-corrected chi connectivity index (χ2v) is 9.36. The van der Waals surface area contributed by atoms with Gasteiger partial charge >= 0.3 is 0 Å². The number of hydrogen-bond acceptors (Lipinski definition) is 3. The summed E-state index contributed by atoms with van der Waals surface area (Å²) in [7, 11) is 0. The second kappa shape index (κ2) is 6.44. The predicted octanol–water partition coefficient (Wildman–Crippen LogP) is 4.66. The van der Waals surface area contributed by atoms with Crippen LogP contribution in [0.4, 0.5) is 0 Å². The van der Waals surface area contributed by atoms with Gasteiger partial charge in [0.1, 0.15) is 5.78 Å². The first-order valence-corrected chi connectivity index (χ1v) is 10.5. The third kappa shape index (κ3) is 2.58. The van der Waals surface area contributed by atoms with Crippen molar-refractivity contribution in [2.75, 3.05) is 6.61 Å². The summed E-state index contributed by atoms with van der Waals surface area (Å²) in [5.74, 6) is 2.09. The van der Waals surface area contributed by atoms with Crippen LogP contribution in [0.15, 0.2) is 23.8 Å². The zero-order valence-electron chi connectivity index (χ0n) is 16.4.